The zero-order valence-corrected chi connectivity index (χ0v) is 41.7. The Kier molecular flexibility index (Phi) is 17.6. The van der Waals surface area contributed by atoms with Crippen molar-refractivity contribution >= 4 is 74.9 Å². The largest absolute Gasteiger partial charge is 0.486 e. The maximum atomic E-state index is 12.8. The molecule has 3 aromatic carbocycles. The Morgan fingerprint density at radius 2 is 1.14 bits per heavy atom. The average molecular weight is 977 g/mol. The van der Waals surface area contributed by atoms with Gasteiger partial charge in [0, 0.05) is 17.5 Å². The molecule has 2 saturated carbocycles. The van der Waals surface area contributed by atoms with Crippen LogP contribution < -0.4 is 21.3 Å². The number of para-hydroxylation sites is 3. The van der Waals surface area contributed by atoms with Crippen LogP contribution in [0.15, 0.2) is 71.5 Å². The highest BCUT2D eigenvalue weighted by molar-refractivity contribution is 6.67. The number of esters is 5. The third-order valence-corrected chi connectivity index (χ3v) is 12.4. The van der Waals surface area contributed by atoms with Gasteiger partial charge in [0.15, 0.2) is 5.41 Å². The number of aromatic nitrogens is 1. The van der Waals surface area contributed by atoms with Crippen LogP contribution in [0.4, 0.5) is 11.4 Å². The van der Waals surface area contributed by atoms with Crippen molar-refractivity contribution in [2.45, 2.75) is 94.1 Å². The first-order valence-corrected chi connectivity index (χ1v) is 22.8. The van der Waals surface area contributed by atoms with Gasteiger partial charge in [0.2, 0.25) is 11.1 Å². The highest BCUT2D eigenvalue weighted by Crippen LogP contribution is 2.65. The summed E-state index contributed by atoms with van der Waals surface area (Å²) in [6.07, 6.45) is 1.45. The molecule has 0 spiro atoms. The van der Waals surface area contributed by atoms with Gasteiger partial charge in [-0.1, -0.05) is 58.0 Å². The lowest BCUT2D eigenvalue weighted by Gasteiger charge is -2.19. The fraction of sp³-hybridized carbons (Fsp3) is 0.451. The molecule has 2 atom stereocenters. The molecule has 4 N–H and O–H groups in total. The topological polar surface area (TPSA) is 246 Å². The number of H-pyrrole nitrogens is 1. The number of carbonyl (C=O) groups is 7. The van der Waals surface area contributed by atoms with E-state index in [1.807, 2.05) is 47.6 Å². The Morgan fingerprint density at radius 1 is 0.667 bits per heavy atom. The fourth-order valence-electron chi connectivity index (χ4n) is 8.06. The summed E-state index contributed by atoms with van der Waals surface area (Å²) in [5.41, 5.74) is 4.68. The third kappa shape index (κ3) is 11.8. The predicted octanol–water partition coefficient (Wildman–Crippen LogP) is 7.99. The minimum absolute atomic E-state index is 0.212. The number of pyridine rings is 1. The summed E-state index contributed by atoms with van der Waals surface area (Å²) in [6, 6.07) is 18.6. The van der Waals surface area contributed by atoms with Gasteiger partial charge in [0.1, 0.15) is 16.8 Å². The first-order chi connectivity index (χ1) is 32.4. The predicted molar refractivity (Wildman–Crippen MR) is 258 cm³/mol. The number of fused-ring (bicyclic) bond motifs is 3. The van der Waals surface area contributed by atoms with Gasteiger partial charge in [-0.2, -0.15) is 0 Å². The zero-order valence-electron chi connectivity index (χ0n) is 41.0. The molecular weight excluding hydrogens is 914 g/mol. The van der Waals surface area contributed by atoms with Crippen LogP contribution in [0.1, 0.15) is 119 Å². The molecule has 1 aliphatic heterocycles. The SMILES string of the molecule is CCOC(=O)C1(C(=O)Cl)CC1(C)C.CCOC(=O)c1ccccc1N.CCOC(=O)c1ccccc1NC(=O)C1(C(=O)OCC)CC1(C)C.COC(=O)c1cccc2c3c(c(=O)[nH]c12)CC(C)(C)O3. The van der Waals surface area contributed by atoms with E-state index in [9.17, 15) is 38.4 Å². The van der Waals surface area contributed by atoms with E-state index in [4.69, 9.17) is 45.8 Å². The van der Waals surface area contributed by atoms with E-state index in [2.05, 4.69) is 10.3 Å². The van der Waals surface area contributed by atoms with Crippen LogP contribution in [0.3, 0.4) is 0 Å². The molecule has 1 amide bonds. The molecule has 1 aromatic heterocycles. The normalized spacial score (nSPS) is 19.0. The summed E-state index contributed by atoms with van der Waals surface area (Å²) in [5.74, 6) is -2.27. The molecule has 4 aromatic rings. The van der Waals surface area contributed by atoms with E-state index >= 15 is 0 Å². The van der Waals surface area contributed by atoms with Crippen molar-refractivity contribution in [3.63, 3.8) is 0 Å². The lowest BCUT2D eigenvalue weighted by molar-refractivity contribution is -0.155. The van der Waals surface area contributed by atoms with Crippen LogP contribution in [0.25, 0.3) is 10.9 Å². The summed E-state index contributed by atoms with van der Waals surface area (Å²) in [6.45, 7) is 19.2. The number of methoxy groups -OCH3 is 1. The van der Waals surface area contributed by atoms with Gasteiger partial charge in [0.05, 0.1) is 67.0 Å². The number of nitrogens with two attached hydrogens (primary N) is 1. The minimum Gasteiger partial charge on any atom is -0.486 e. The van der Waals surface area contributed by atoms with Crippen LogP contribution in [0, 0.1) is 21.7 Å². The van der Waals surface area contributed by atoms with E-state index in [0.717, 1.165) is 5.39 Å². The standard InChI is InChI=1S/C18H23NO5.C15H15NO4.C9H13ClO3.C9H11NO2/c1-5-23-14(20)12-9-7-8-10-13(12)19-15(21)18(11-17(18,3)4)16(22)24-6-2;1-15(2)7-10-12(20-15)8-5-4-6-9(14(18)19-3)11(8)16-13(10)17;1-4-13-7(12)9(6(10)11)5-8(9,2)3;1-2-12-9(11)7-5-3-4-6-8(7)10/h7-10H,5-6,11H2,1-4H3,(H,19,21);4-6H,7H2,1-3H3,(H,16,17);4-5H2,1-3H3;3-6H,2,10H2,1H3. The van der Waals surface area contributed by atoms with Gasteiger partial charge in [-0.25, -0.2) is 14.4 Å². The van der Waals surface area contributed by atoms with E-state index in [0.29, 0.717) is 65.2 Å². The Labute approximate surface area is 406 Å². The van der Waals surface area contributed by atoms with E-state index in [1.54, 1.807) is 88.4 Å². The number of aromatic amines is 1. The summed E-state index contributed by atoms with van der Waals surface area (Å²) in [7, 11) is 1.31. The van der Waals surface area contributed by atoms with Crippen LogP contribution in [0.2, 0.25) is 0 Å². The number of hydrogen-bond acceptors (Lipinski definition) is 15. The van der Waals surface area contributed by atoms with Crippen LogP contribution in [0.5, 0.6) is 5.75 Å². The van der Waals surface area contributed by atoms with Gasteiger partial charge < -0.3 is 44.5 Å². The van der Waals surface area contributed by atoms with Crippen molar-refractivity contribution in [1.29, 1.82) is 0 Å². The number of nitrogen functional groups attached to an aromatic ring is 1. The highest BCUT2D eigenvalue weighted by atomic mass is 35.5. The third-order valence-electron chi connectivity index (χ3n) is 12.1. The molecular formula is C51H62ClN3O14. The highest BCUT2D eigenvalue weighted by Gasteiger charge is 2.73. The molecule has 0 radical (unpaired) electrons. The first kappa shape index (κ1) is 54.9. The molecule has 0 bridgehead atoms. The van der Waals surface area contributed by atoms with Crippen LogP contribution >= 0.6 is 11.6 Å². The van der Waals surface area contributed by atoms with Crippen LogP contribution in [-0.2, 0) is 49.3 Å². The van der Waals surface area contributed by atoms with Gasteiger partial charge >= 0.3 is 29.8 Å². The Morgan fingerprint density at radius 3 is 1.64 bits per heavy atom. The molecule has 69 heavy (non-hydrogen) atoms. The summed E-state index contributed by atoms with van der Waals surface area (Å²) >= 11 is 5.41. The number of benzene rings is 3. The molecule has 2 aliphatic carbocycles. The second kappa shape index (κ2) is 22.1. The number of anilines is 2. The number of carbonyl (C=O) groups excluding carboxylic acids is 7. The zero-order chi connectivity index (χ0) is 51.7. The maximum absolute atomic E-state index is 12.8. The lowest BCUT2D eigenvalue weighted by atomic mass is 9.94. The Balaban J connectivity index is 0.000000208. The molecule has 17 nitrogen and oxygen atoms in total. The number of ether oxygens (including phenoxy) is 6. The number of halogens is 1. The lowest BCUT2D eigenvalue weighted by Crippen LogP contribution is -2.37. The molecule has 2 heterocycles. The van der Waals surface area contributed by atoms with E-state index in [-0.39, 0.29) is 42.3 Å². The Bertz CT molecular complexity index is 2670. The maximum Gasteiger partial charge on any atom is 0.340 e. The molecule has 3 aliphatic rings. The molecule has 0 saturated heterocycles. The molecule has 18 heteroatoms. The Hall–Kier alpha value is -6.75. The van der Waals surface area contributed by atoms with Gasteiger partial charge in [-0.05, 0) is 113 Å². The van der Waals surface area contributed by atoms with Crippen LogP contribution in [-0.4, -0.2) is 85.1 Å². The number of rotatable bonds is 12. The second-order valence-corrected chi connectivity index (χ2v) is 18.5. The monoisotopic (exact) mass is 975 g/mol. The van der Waals surface area contributed by atoms with Crippen molar-refractivity contribution in [2.24, 2.45) is 21.7 Å². The molecule has 2 fully saturated rings. The number of nitrogens with one attached hydrogen (secondary N) is 2. The smallest absolute Gasteiger partial charge is 0.340 e. The van der Waals surface area contributed by atoms with E-state index in [1.165, 1.54) is 7.11 Å². The molecule has 372 valence electrons. The second-order valence-electron chi connectivity index (χ2n) is 18.2. The van der Waals surface area contributed by atoms with Crippen molar-refractivity contribution in [2.75, 3.05) is 44.6 Å². The number of hydrogen-bond donors (Lipinski definition) is 3. The summed E-state index contributed by atoms with van der Waals surface area (Å²) < 4.78 is 30.3. The minimum atomic E-state index is -1.22. The van der Waals surface area contributed by atoms with Crippen molar-refractivity contribution < 1.29 is 62.0 Å². The van der Waals surface area contributed by atoms with Gasteiger partial charge in [0.25, 0.3) is 5.56 Å². The summed E-state index contributed by atoms with van der Waals surface area (Å²) in [4.78, 5) is 97.6. The van der Waals surface area contributed by atoms with Gasteiger partial charge in [-0.15, -0.1) is 0 Å². The average Bonchev–Trinajstić information content (AvgIpc) is 4.05. The van der Waals surface area contributed by atoms with Crippen molar-refractivity contribution in [3.8, 4) is 5.75 Å². The van der Waals surface area contributed by atoms with Crippen molar-refractivity contribution in [1.82, 2.24) is 4.98 Å². The summed E-state index contributed by atoms with van der Waals surface area (Å²) in [5, 5.41) is 2.84. The molecule has 2 unspecified atom stereocenters. The fourth-order valence-corrected chi connectivity index (χ4v) is 8.46. The quantitative estimate of drug-likeness (QED) is 0.0400. The van der Waals surface area contributed by atoms with Gasteiger partial charge in [-0.3, -0.25) is 24.0 Å². The van der Waals surface area contributed by atoms with Crippen molar-refractivity contribution in [3.05, 3.63) is 99.3 Å². The first-order valence-electron chi connectivity index (χ1n) is 22.5. The van der Waals surface area contributed by atoms with E-state index < -0.39 is 56.9 Å². The number of amides is 1. The molecule has 7 rings (SSSR count).